The van der Waals surface area contributed by atoms with Crippen molar-refractivity contribution in [2.45, 2.75) is 58.5 Å². The summed E-state index contributed by atoms with van der Waals surface area (Å²) >= 11 is 0. The molecule has 0 radical (unpaired) electrons. The summed E-state index contributed by atoms with van der Waals surface area (Å²) < 4.78 is 6.62. The molecule has 0 aliphatic heterocycles. The van der Waals surface area contributed by atoms with Gasteiger partial charge in [0.05, 0.1) is 12.7 Å². The number of aromatic nitrogens is 8. The Morgan fingerprint density at radius 3 is 2.54 bits per heavy atom. The highest BCUT2D eigenvalue weighted by Gasteiger charge is 2.28. The van der Waals surface area contributed by atoms with Gasteiger partial charge in [-0.1, -0.05) is 25.9 Å². The van der Waals surface area contributed by atoms with Crippen LogP contribution in [0.15, 0.2) is 23.4 Å². The summed E-state index contributed by atoms with van der Waals surface area (Å²) in [6.45, 7) is 10.8. The highest BCUT2D eigenvalue weighted by atomic mass is 16.5. The fourth-order valence-electron chi connectivity index (χ4n) is 2.32. The Bertz CT molecular complexity index is 786. The normalized spacial score (nSPS) is 13.6. The van der Waals surface area contributed by atoms with Crippen molar-refractivity contribution < 1.29 is 4.52 Å². The Morgan fingerprint density at radius 1 is 1.12 bits per heavy atom. The third-order valence-corrected chi connectivity index (χ3v) is 4.02. The van der Waals surface area contributed by atoms with Gasteiger partial charge in [-0.3, -0.25) is 0 Å². The van der Waals surface area contributed by atoms with Crippen molar-refractivity contribution >= 4 is 0 Å². The third-order valence-electron chi connectivity index (χ3n) is 4.02. The van der Waals surface area contributed by atoms with E-state index in [1.165, 1.54) is 6.39 Å². The summed E-state index contributed by atoms with van der Waals surface area (Å²) in [5, 5.41) is 17.4. The van der Waals surface area contributed by atoms with Crippen molar-refractivity contribution in [2.24, 2.45) is 0 Å². The molecule has 3 aromatic heterocycles. The average molecular weight is 330 g/mol. The molecule has 1 atom stereocenters. The SMILES string of the molecule is CC(C)c1ncn(C(C)(C)c2cnn(CC(C)c3ncon3)n2)n1. The summed E-state index contributed by atoms with van der Waals surface area (Å²) in [4.78, 5) is 10.1. The molecule has 0 fully saturated rings. The second-order valence-electron chi connectivity index (χ2n) is 6.74. The molecule has 0 amide bonds. The van der Waals surface area contributed by atoms with E-state index in [1.54, 1.807) is 17.3 Å². The fourth-order valence-corrected chi connectivity index (χ4v) is 2.32. The lowest BCUT2D eigenvalue weighted by atomic mass is 10.0. The van der Waals surface area contributed by atoms with Gasteiger partial charge in [0.2, 0.25) is 6.39 Å². The molecule has 3 aromatic rings. The first kappa shape index (κ1) is 16.3. The van der Waals surface area contributed by atoms with E-state index in [0.717, 1.165) is 11.5 Å². The Kier molecular flexibility index (Phi) is 4.16. The summed E-state index contributed by atoms with van der Waals surface area (Å²) in [5.41, 5.74) is 0.386. The topological polar surface area (TPSA) is 100 Å². The maximum atomic E-state index is 4.78. The molecule has 0 aliphatic rings. The summed E-state index contributed by atoms with van der Waals surface area (Å²) in [5.74, 6) is 1.81. The Labute approximate surface area is 140 Å². The largest absolute Gasteiger partial charge is 0.343 e. The molecule has 9 nitrogen and oxygen atoms in total. The minimum absolute atomic E-state index is 0.0611. The first-order chi connectivity index (χ1) is 11.4. The van der Waals surface area contributed by atoms with E-state index in [0.29, 0.717) is 12.4 Å². The van der Waals surface area contributed by atoms with Gasteiger partial charge >= 0.3 is 0 Å². The van der Waals surface area contributed by atoms with E-state index in [-0.39, 0.29) is 11.8 Å². The molecule has 3 heterocycles. The van der Waals surface area contributed by atoms with Crippen LogP contribution in [0, 0.1) is 0 Å². The Balaban J connectivity index is 1.78. The van der Waals surface area contributed by atoms with E-state index in [4.69, 9.17) is 4.52 Å². The van der Waals surface area contributed by atoms with Crippen LogP contribution in [-0.4, -0.2) is 39.9 Å². The van der Waals surface area contributed by atoms with E-state index in [9.17, 15) is 0 Å². The lowest BCUT2D eigenvalue weighted by Gasteiger charge is -2.21. The monoisotopic (exact) mass is 330 g/mol. The van der Waals surface area contributed by atoms with Crippen LogP contribution in [0.3, 0.4) is 0 Å². The van der Waals surface area contributed by atoms with Crippen LogP contribution in [0.4, 0.5) is 0 Å². The van der Waals surface area contributed by atoms with Crippen molar-refractivity contribution in [1.29, 1.82) is 0 Å². The van der Waals surface area contributed by atoms with Crippen LogP contribution in [0.1, 0.15) is 63.8 Å². The van der Waals surface area contributed by atoms with Gasteiger partial charge in [0, 0.05) is 11.8 Å². The predicted molar refractivity (Wildman–Crippen MR) is 85.3 cm³/mol. The third kappa shape index (κ3) is 3.06. The number of nitrogens with zero attached hydrogens (tertiary/aromatic N) is 8. The standard InChI is InChI=1S/C15H22N8O/c1-10(2)13-16-8-22(20-13)15(4,5)12-6-18-23(19-12)7-11(3)14-17-9-24-21-14/h6,8-11H,7H2,1-5H3. The molecule has 0 aliphatic carbocycles. The Morgan fingerprint density at radius 2 is 1.92 bits per heavy atom. The van der Waals surface area contributed by atoms with Crippen molar-refractivity contribution in [2.75, 3.05) is 0 Å². The van der Waals surface area contributed by atoms with Gasteiger partial charge in [-0.05, 0) is 13.8 Å². The van der Waals surface area contributed by atoms with Crippen LogP contribution in [0.2, 0.25) is 0 Å². The second kappa shape index (κ2) is 6.14. The van der Waals surface area contributed by atoms with E-state index >= 15 is 0 Å². The van der Waals surface area contributed by atoms with Gasteiger partial charge in [-0.2, -0.15) is 25.1 Å². The van der Waals surface area contributed by atoms with Gasteiger partial charge in [0.25, 0.3) is 0 Å². The lowest BCUT2D eigenvalue weighted by molar-refractivity contribution is 0.364. The average Bonchev–Trinajstić information content (AvgIpc) is 3.28. The van der Waals surface area contributed by atoms with Crippen LogP contribution in [-0.2, 0) is 12.1 Å². The minimum Gasteiger partial charge on any atom is -0.343 e. The van der Waals surface area contributed by atoms with Crippen LogP contribution in [0.25, 0.3) is 0 Å². The first-order valence-electron chi connectivity index (χ1n) is 7.97. The van der Waals surface area contributed by atoms with Crippen molar-refractivity contribution in [1.82, 2.24) is 39.9 Å². The van der Waals surface area contributed by atoms with E-state index in [1.807, 2.05) is 25.5 Å². The zero-order valence-electron chi connectivity index (χ0n) is 14.6. The molecule has 0 aromatic carbocycles. The lowest BCUT2D eigenvalue weighted by Crippen LogP contribution is -2.29. The number of hydrogen-bond donors (Lipinski definition) is 0. The molecular weight excluding hydrogens is 308 g/mol. The highest BCUT2D eigenvalue weighted by Crippen LogP contribution is 2.23. The van der Waals surface area contributed by atoms with Gasteiger partial charge in [0.15, 0.2) is 11.6 Å². The highest BCUT2D eigenvalue weighted by molar-refractivity contribution is 5.09. The van der Waals surface area contributed by atoms with Crippen molar-refractivity contribution in [3.63, 3.8) is 0 Å². The second-order valence-corrected chi connectivity index (χ2v) is 6.74. The fraction of sp³-hybridized carbons (Fsp3) is 0.600. The van der Waals surface area contributed by atoms with Gasteiger partial charge in [-0.25, -0.2) is 9.67 Å². The maximum Gasteiger partial charge on any atom is 0.213 e. The number of hydrogen-bond acceptors (Lipinski definition) is 7. The Hall–Kier alpha value is -2.58. The molecular formula is C15H22N8O. The van der Waals surface area contributed by atoms with E-state index < -0.39 is 5.54 Å². The molecule has 1 unspecified atom stereocenters. The molecule has 0 saturated heterocycles. The minimum atomic E-state index is -0.437. The van der Waals surface area contributed by atoms with Crippen molar-refractivity contribution in [3.05, 3.63) is 36.3 Å². The van der Waals surface area contributed by atoms with E-state index in [2.05, 4.69) is 44.3 Å². The van der Waals surface area contributed by atoms with Gasteiger partial charge < -0.3 is 4.52 Å². The smallest absolute Gasteiger partial charge is 0.213 e. The maximum absolute atomic E-state index is 4.78. The molecule has 0 saturated carbocycles. The quantitative estimate of drug-likeness (QED) is 0.681. The molecule has 3 rings (SSSR count). The van der Waals surface area contributed by atoms with Gasteiger partial charge in [0.1, 0.15) is 17.6 Å². The zero-order chi connectivity index (χ0) is 17.3. The first-order valence-corrected chi connectivity index (χ1v) is 7.97. The number of rotatable bonds is 6. The van der Waals surface area contributed by atoms with Crippen LogP contribution < -0.4 is 0 Å². The molecule has 0 spiro atoms. The summed E-state index contributed by atoms with van der Waals surface area (Å²) in [6, 6.07) is 0. The van der Waals surface area contributed by atoms with Gasteiger partial charge in [-0.15, -0.1) is 0 Å². The summed E-state index contributed by atoms with van der Waals surface area (Å²) in [7, 11) is 0. The van der Waals surface area contributed by atoms with Crippen LogP contribution >= 0.6 is 0 Å². The molecule has 0 N–H and O–H groups in total. The molecule has 0 bridgehead atoms. The molecule has 128 valence electrons. The zero-order valence-corrected chi connectivity index (χ0v) is 14.6. The summed E-state index contributed by atoms with van der Waals surface area (Å²) in [6.07, 6.45) is 4.84. The predicted octanol–water partition coefficient (Wildman–Crippen LogP) is 1.96. The van der Waals surface area contributed by atoms with Crippen molar-refractivity contribution in [3.8, 4) is 0 Å². The molecule has 24 heavy (non-hydrogen) atoms. The molecule has 9 heteroatoms. The van der Waals surface area contributed by atoms with Crippen LogP contribution in [0.5, 0.6) is 0 Å².